The third-order valence-corrected chi connectivity index (χ3v) is 4.58. The van der Waals surface area contributed by atoms with E-state index < -0.39 is 18.2 Å². The Hall–Kier alpha value is -0.820. The van der Waals surface area contributed by atoms with Gasteiger partial charge in [0, 0.05) is 25.2 Å². The van der Waals surface area contributed by atoms with Crippen molar-refractivity contribution < 1.29 is 25.2 Å². The molecule has 140 valence electrons. The minimum atomic E-state index is -0.968. The van der Waals surface area contributed by atoms with Crippen LogP contribution >= 0.6 is 0 Å². The molecular weight excluding hydrogens is 310 g/mol. The summed E-state index contributed by atoms with van der Waals surface area (Å²) in [5.41, 5.74) is 0.614. The zero-order valence-electron chi connectivity index (χ0n) is 14.6. The van der Waals surface area contributed by atoms with Gasteiger partial charge in [-0.2, -0.15) is 0 Å². The molecule has 0 radical (unpaired) electrons. The minimum Gasteiger partial charge on any atom is -0.396 e. The largest absolute Gasteiger partial charge is 0.396 e. The molecule has 1 heterocycles. The van der Waals surface area contributed by atoms with Crippen molar-refractivity contribution >= 4 is 11.5 Å². The number of rotatable bonds is 14. The molecule has 4 N–H and O–H groups in total. The van der Waals surface area contributed by atoms with E-state index in [0.717, 1.165) is 44.9 Å². The lowest BCUT2D eigenvalue weighted by Gasteiger charge is -2.13. The Morgan fingerprint density at radius 1 is 0.875 bits per heavy atom. The van der Waals surface area contributed by atoms with Crippen LogP contribution in [-0.4, -0.2) is 63.4 Å². The lowest BCUT2D eigenvalue weighted by molar-refractivity contribution is -0.119. The number of nitrogens with zero attached hydrogens (tertiary/aromatic N) is 1. The number of hydrogen-bond acceptors (Lipinski definition) is 6. The molecule has 0 aromatic carbocycles. The summed E-state index contributed by atoms with van der Waals surface area (Å²) in [4.78, 5) is 15.6. The van der Waals surface area contributed by atoms with Gasteiger partial charge in [-0.1, -0.05) is 32.1 Å². The molecule has 0 amide bonds. The third-order valence-electron chi connectivity index (χ3n) is 4.58. The highest BCUT2D eigenvalue weighted by atomic mass is 16.3. The summed E-state index contributed by atoms with van der Waals surface area (Å²) in [5.74, 6) is 0.253. The number of hydrogen-bond donors (Lipinski definition) is 4. The summed E-state index contributed by atoms with van der Waals surface area (Å²) < 4.78 is 0. The molecule has 24 heavy (non-hydrogen) atoms. The summed E-state index contributed by atoms with van der Waals surface area (Å²) in [5, 5.41) is 37.2. The van der Waals surface area contributed by atoms with Crippen molar-refractivity contribution in [2.24, 2.45) is 4.99 Å². The molecule has 0 aromatic rings. The smallest absolute Gasteiger partial charge is 0.132 e. The average Bonchev–Trinajstić information content (AvgIpc) is 2.86. The van der Waals surface area contributed by atoms with Crippen LogP contribution in [-0.2, 0) is 4.79 Å². The zero-order chi connectivity index (χ0) is 17.8. The monoisotopic (exact) mass is 343 g/mol. The quantitative estimate of drug-likeness (QED) is 0.356. The second-order valence-corrected chi connectivity index (χ2v) is 6.65. The highest BCUT2D eigenvalue weighted by Crippen LogP contribution is 2.19. The van der Waals surface area contributed by atoms with Gasteiger partial charge in [-0.3, -0.25) is 9.79 Å². The van der Waals surface area contributed by atoms with E-state index in [1.54, 1.807) is 0 Å². The molecule has 1 rings (SSSR count). The lowest BCUT2D eigenvalue weighted by atomic mass is 10.0. The van der Waals surface area contributed by atoms with Gasteiger partial charge in [0.15, 0.2) is 0 Å². The Labute approximate surface area is 144 Å². The molecule has 0 bridgehead atoms. The number of aliphatic hydroxyl groups is 4. The van der Waals surface area contributed by atoms with Gasteiger partial charge >= 0.3 is 0 Å². The first kappa shape index (κ1) is 21.2. The molecular formula is C18H33NO5. The van der Waals surface area contributed by atoms with Gasteiger partial charge in [-0.05, 0) is 25.7 Å². The van der Waals surface area contributed by atoms with Crippen LogP contribution in [0.1, 0.15) is 70.6 Å². The highest BCUT2D eigenvalue weighted by molar-refractivity contribution is 5.91. The second-order valence-electron chi connectivity index (χ2n) is 6.65. The van der Waals surface area contributed by atoms with Gasteiger partial charge in [0.2, 0.25) is 0 Å². The molecule has 1 aliphatic rings. The molecule has 6 nitrogen and oxygen atoms in total. The SMILES string of the molecule is O=C(CCCO)CCCCCCCCCC1=NC(CO)C(O)C1O. The van der Waals surface area contributed by atoms with E-state index in [0.29, 0.717) is 31.4 Å². The van der Waals surface area contributed by atoms with E-state index in [1.165, 1.54) is 0 Å². The fourth-order valence-electron chi connectivity index (χ4n) is 3.05. The van der Waals surface area contributed by atoms with E-state index in [1.807, 2.05) is 0 Å². The summed E-state index contributed by atoms with van der Waals surface area (Å²) in [7, 11) is 0. The van der Waals surface area contributed by atoms with E-state index in [2.05, 4.69) is 4.99 Å². The number of aliphatic hydroxyl groups excluding tert-OH is 4. The Morgan fingerprint density at radius 3 is 2.04 bits per heavy atom. The predicted octanol–water partition coefficient (Wildman–Crippen LogP) is 1.38. The number of carbonyl (C=O) groups excluding carboxylic acids is 1. The highest BCUT2D eigenvalue weighted by Gasteiger charge is 2.35. The molecule has 3 unspecified atom stereocenters. The third kappa shape index (κ3) is 7.83. The Morgan fingerprint density at radius 2 is 1.46 bits per heavy atom. The number of ketones is 1. The molecule has 0 fully saturated rings. The first-order valence-electron chi connectivity index (χ1n) is 9.26. The van der Waals surface area contributed by atoms with Crippen molar-refractivity contribution in [3.05, 3.63) is 0 Å². The fourth-order valence-corrected chi connectivity index (χ4v) is 3.05. The van der Waals surface area contributed by atoms with Crippen molar-refractivity contribution in [1.82, 2.24) is 0 Å². The minimum absolute atomic E-state index is 0.0921. The average molecular weight is 343 g/mol. The molecule has 0 aromatic heterocycles. The van der Waals surface area contributed by atoms with Gasteiger partial charge in [0.25, 0.3) is 0 Å². The molecule has 3 atom stereocenters. The van der Waals surface area contributed by atoms with Crippen LogP contribution in [0.25, 0.3) is 0 Å². The van der Waals surface area contributed by atoms with Crippen molar-refractivity contribution in [2.45, 2.75) is 88.9 Å². The molecule has 0 spiro atoms. The number of carbonyl (C=O) groups is 1. The summed E-state index contributed by atoms with van der Waals surface area (Å²) in [6.45, 7) is -0.140. The van der Waals surface area contributed by atoms with Gasteiger partial charge < -0.3 is 20.4 Å². The standard InChI is InChI=1S/C18H33NO5/c20-12-8-10-14(22)9-6-4-2-1-3-5-7-11-15-17(23)18(24)16(13-21)19-15/h16-18,20-21,23-24H,1-13H2. The summed E-state index contributed by atoms with van der Waals surface area (Å²) in [6.07, 6.45) is 7.87. The van der Waals surface area contributed by atoms with Crippen molar-refractivity contribution in [2.75, 3.05) is 13.2 Å². The first-order chi connectivity index (χ1) is 11.6. The fraction of sp³-hybridized carbons (Fsp3) is 0.889. The van der Waals surface area contributed by atoms with Crippen LogP contribution in [0.2, 0.25) is 0 Å². The maximum absolute atomic E-state index is 11.4. The Bertz CT molecular complexity index is 386. The Kier molecular flexibility index (Phi) is 11.1. The topological polar surface area (TPSA) is 110 Å². The van der Waals surface area contributed by atoms with E-state index >= 15 is 0 Å². The predicted molar refractivity (Wildman–Crippen MR) is 93.2 cm³/mol. The van der Waals surface area contributed by atoms with Gasteiger partial charge in [0.05, 0.1) is 6.61 Å². The molecule has 6 heteroatoms. The first-order valence-corrected chi connectivity index (χ1v) is 9.26. The van der Waals surface area contributed by atoms with E-state index in [4.69, 9.17) is 10.2 Å². The van der Waals surface area contributed by atoms with E-state index in [-0.39, 0.29) is 19.0 Å². The molecule has 0 saturated heterocycles. The molecule has 0 saturated carbocycles. The second kappa shape index (κ2) is 12.5. The van der Waals surface area contributed by atoms with Crippen LogP contribution in [0.15, 0.2) is 4.99 Å². The van der Waals surface area contributed by atoms with Crippen molar-refractivity contribution in [3.8, 4) is 0 Å². The Balaban J connectivity index is 1.95. The van der Waals surface area contributed by atoms with Crippen molar-refractivity contribution in [1.29, 1.82) is 0 Å². The maximum Gasteiger partial charge on any atom is 0.132 e. The number of aliphatic imine (C=N–C) groups is 1. The molecule has 1 aliphatic heterocycles. The van der Waals surface area contributed by atoms with Crippen LogP contribution in [0.3, 0.4) is 0 Å². The van der Waals surface area contributed by atoms with Gasteiger partial charge in [0.1, 0.15) is 24.0 Å². The number of Topliss-reactive ketones (excluding diaryl/α,β-unsaturated/α-hetero) is 1. The van der Waals surface area contributed by atoms with Crippen LogP contribution < -0.4 is 0 Å². The summed E-state index contributed by atoms with van der Waals surface area (Å²) >= 11 is 0. The number of unbranched alkanes of at least 4 members (excludes halogenated alkanes) is 6. The van der Waals surface area contributed by atoms with Crippen molar-refractivity contribution in [3.63, 3.8) is 0 Å². The summed E-state index contributed by atoms with van der Waals surface area (Å²) in [6, 6.07) is -0.574. The van der Waals surface area contributed by atoms with E-state index in [9.17, 15) is 15.0 Å². The normalized spacial score (nSPS) is 23.5. The van der Waals surface area contributed by atoms with Gasteiger partial charge in [-0.15, -0.1) is 0 Å². The van der Waals surface area contributed by atoms with Crippen LogP contribution in [0.5, 0.6) is 0 Å². The zero-order valence-corrected chi connectivity index (χ0v) is 14.6. The van der Waals surface area contributed by atoms with Gasteiger partial charge in [-0.25, -0.2) is 0 Å². The lowest BCUT2D eigenvalue weighted by Crippen LogP contribution is -2.35. The van der Waals surface area contributed by atoms with Crippen LogP contribution in [0, 0.1) is 0 Å². The van der Waals surface area contributed by atoms with Crippen LogP contribution in [0.4, 0.5) is 0 Å². The molecule has 0 aliphatic carbocycles. The maximum atomic E-state index is 11.4.